The van der Waals surface area contributed by atoms with Crippen molar-refractivity contribution < 1.29 is 56.9 Å². The number of nitrogens with two attached hydrogens (primary N) is 1. The quantitative estimate of drug-likeness (QED) is 0.0315. The molecule has 11 heterocycles. The zero-order valence-corrected chi connectivity index (χ0v) is 83.0. The van der Waals surface area contributed by atoms with Crippen molar-refractivity contribution in [2.75, 3.05) is 155 Å². The highest BCUT2D eigenvalue weighted by Crippen LogP contribution is 2.41. The summed E-state index contributed by atoms with van der Waals surface area (Å²) in [7, 11) is 20.5. The molecule has 2 aliphatic rings. The summed E-state index contributed by atoms with van der Waals surface area (Å²) in [6.07, 6.45) is 27.8. The number of methoxy groups -OCH3 is 8. The summed E-state index contributed by atoms with van der Waals surface area (Å²) >= 11 is 0. The van der Waals surface area contributed by atoms with Crippen LogP contribution in [0.5, 0.6) is 46.0 Å². The van der Waals surface area contributed by atoms with E-state index >= 15 is 0 Å². The number of hydrogen-bond acceptors (Lipinski definition) is 31. The molecule has 2 fully saturated rings. The van der Waals surface area contributed by atoms with E-state index in [4.69, 9.17) is 68.7 Å². The number of β-amino-alcohol motifs (C(OH)–C–C–N with tert-alkyl or cyclic N) is 1. The van der Waals surface area contributed by atoms with E-state index in [1.807, 2.05) is 190 Å². The molecule has 0 spiro atoms. The maximum Gasteiger partial charge on any atom is 0.261 e. The second kappa shape index (κ2) is 47.4. The number of nitriles is 1. The van der Waals surface area contributed by atoms with Gasteiger partial charge >= 0.3 is 0 Å². The standard InChI is InChI=1S/C29H33N7O2.C27H30F2N6O3.C27H25N7O2.C24H28N6O3/c1-34-20-22(17-32-34)29-18-31-27-8-7-23(14-28(27)33-29)36(24-12-25(37-2)15-26(13-24)38-3)11-5-10-35-9-4-6-21(16-30)19-35;1-33-14-18(12-31-33)26-13-30-24-5-4-19(10-25(24)32-26)35(20-8-22(37-2)11-23(9-20)38-3)16-21(36)15-34-7-6-27(28,29)17-34;1-32-18-28-15-21(32)6-5-9-34(22-10-23(35-3)13-24(11-22)36-4)20-7-8-25-26(12-20)31-27(16-29-25)19-14-30-33(2)17-19;1-32-20-10-19(11-21(13-20)33-2)30(7-3-6-25)18-4-5-22-23(12-18)28-24(15-26-22)17-14-27-29(16-17)8-9-31/h7-8,12-15,17-18,20-21H,4-6,9-11,19H2,1-3H3;4-5,8-14,21,36H,6-7,15-17H2,1-3H3;7-8,10-18H,9H2,1-4H3;4-5,10-16,31H,3,6-9,25H2,1-2H3. The minimum absolute atomic E-state index is 0.0293. The number of hydrogen-bond donors (Lipinski definition) is 3. The van der Waals surface area contributed by atoms with Crippen LogP contribution < -0.4 is 63.2 Å². The number of halogens is 2. The minimum Gasteiger partial charge on any atom is -0.497 e. The van der Waals surface area contributed by atoms with Crippen molar-refractivity contribution in [1.29, 1.82) is 5.26 Å². The zero-order valence-electron chi connectivity index (χ0n) is 83.0. The van der Waals surface area contributed by atoms with E-state index in [-0.39, 0.29) is 45.1 Å². The summed E-state index contributed by atoms with van der Waals surface area (Å²) < 4.78 is 80.3. The van der Waals surface area contributed by atoms with Gasteiger partial charge in [-0.2, -0.15) is 25.7 Å². The molecule has 17 aromatic rings. The number of ether oxygens (including phenoxy) is 8. The molecule has 0 bridgehead atoms. The van der Waals surface area contributed by atoms with Crippen LogP contribution in [0.4, 0.5) is 54.3 Å². The van der Waals surface area contributed by atoms with Crippen molar-refractivity contribution in [3.63, 3.8) is 0 Å². The van der Waals surface area contributed by atoms with Gasteiger partial charge in [-0.05, 0) is 124 Å². The smallest absolute Gasteiger partial charge is 0.261 e. The highest BCUT2D eigenvalue weighted by atomic mass is 19.3. The Bertz CT molecular complexity index is 7330. The fraction of sp³-hybridized carbons (Fsp3) is 0.308. The second-order valence-electron chi connectivity index (χ2n) is 34.9. The first-order valence-corrected chi connectivity index (χ1v) is 47.2. The molecule has 0 amide bonds. The van der Waals surface area contributed by atoms with Crippen LogP contribution >= 0.6 is 0 Å². The van der Waals surface area contributed by atoms with Crippen LogP contribution in [0.1, 0.15) is 37.8 Å². The normalized spacial score (nSPS) is 13.5. The minimum atomic E-state index is -2.72. The van der Waals surface area contributed by atoms with Gasteiger partial charge in [-0.1, -0.05) is 5.92 Å². The van der Waals surface area contributed by atoms with Crippen LogP contribution in [-0.2, 0) is 34.7 Å². The van der Waals surface area contributed by atoms with Gasteiger partial charge in [0.1, 0.15) is 51.7 Å². The molecule has 0 radical (unpaired) electrons. The van der Waals surface area contributed by atoms with Gasteiger partial charge in [-0.3, -0.25) is 43.6 Å². The molecule has 2 aliphatic heterocycles. The Morgan fingerprint density at radius 3 is 1.20 bits per heavy atom. The summed E-state index contributed by atoms with van der Waals surface area (Å²) in [5.74, 6) is 9.32. The summed E-state index contributed by atoms with van der Waals surface area (Å²) in [4.78, 5) is 54.3. The van der Waals surface area contributed by atoms with E-state index in [0.717, 1.165) is 188 Å². The molecular formula is C107H116F2N26O10. The van der Waals surface area contributed by atoms with Crippen LogP contribution in [0.15, 0.2) is 232 Å². The van der Waals surface area contributed by atoms with E-state index < -0.39 is 12.0 Å². The lowest BCUT2D eigenvalue weighted by molar-refractivity contribution is 0.00794. The summed E-state index contributed by atoms with van der Waals surface area (Å²) in [5.41, 5.74) is 26.5. The van der Waals surface area contributed by atoms with Gasteiger partial charge in [-0.25, -0.2) is 33.7 Å². The summed E-state index contributed by atoms with van der Waals surface area (Å²) in [6, 6.07) is 49.2. The number of aliphatic hydroxyl groups excluding tert-OH is 2. The van der Waals surface area contributed by atoms with Crippen molar-refractivity contribution >= 4 is 89.6 Å². The SMILES string of the molecule is COc1cc(OC)cc(N(CC#Cc2cncn2C)c2ccc3ncc(-c4cnn(C)c4)nc3c2)c1.COc1cc(OC)cc(N(CC(O)CN2CCC(F)(F)C2)c2ccc3ncc(-c4cnn(C)c4)nc3c2)c1.COc1cc(OC)cc(N(CCCN)c2ccc3ncc(-c4cnn(CCO)c4)nc3c2)c1.COc1cc(OC)cc(N(CCCN2CCCC(C#N)C2)c2ccc3ncc(-c4cnn(C)c4)nc3c2)c1. The number of alkyl halides is 2. The van der Waals surface area contributed by atoms with Crippen LogP contribution in [0, 0.1) is 29.1 Å². The number of piperidine rings is 1. The van der Waals surface area contributed by atoms with E-state index in [1.165, 1.54) is 0 Å². The highest BCUT2D eigenvalue weighted by molar-refractivity contribution is 5.87. The first-order valence-electron chi connectivity index (χ1n) is 47.2. The van der Waals surface area contributed by atoms with Crippen molar-refractivity contribution in [1.82, 2.24) is 98.3 Å². The number of aromatic nitrogens is 18. The second-order valence-corrected chi connectivity index (χ2v) is 34.9. The molecule has 0 saturated carbocycles. The van der Waals surface area contributed by atoms with Gasteiger partial charge in [0.2, 0.25) is 0 Å². The molecule has 748 valence electrons. The number of imidazole rings is 1. The fourth-order valence-corrected chi connectivity index (χ4v) is 17.2. The van der Waals surface area contributed by atoms with Gasteiger partial charge in [0.15, 0.2) is 0 Å². The largest absolute Gasteiger partial charge is 0.497 e. The van der Waals surface area contributed by atoms with Gasteiger partial charge in [-0.15, -0.1) is 0 Å². The highest BCUT2D eigenvalue weighted by Gasteiger charge is 2.39. The number of nitrogens with zero attached hydrogens (tertiary/aromatic N) is 25. The number of benzene rings is 8. The molecular weight excluding hydrogens is 1850 g/mol. The van der Waals surface area contributed by atoms with Crippen molar-refractivity contribution in [3.8, 4) is 109 Å². The first-order chi connectivity index (χ1) is 70.5. The number of aliphatic hydroxyl groups is 2. The Hall–Kier alpha value is -16.5. The third-order valence-corrected chi connectivity index (χ3v) is 24.7. The lowest BCUT2D eigenvalue weighted by Gasteiger charge is -2.31. The van der Waals surface area contributed by atoms with E-state index in [0.29, 0.717) is 76.5 Å². The van der Waals surface area contributed by atoms with Gasteiger partial charge in [0, 0.05) is 233 Å². The monoisotopic (exact) mass is 1960 g/mol. The summed E-state index contributed by atoms with van der Waals surface area (Å²) in [5, 5.41) is 46.5. The Kier molecular flexibility index (Phi) is 33.1. The van der Waals surface area contributed by atoms with Crippen molar-refractivity contribution in [2.24, 2.45) is 39.8 Å². The molecule has 38 heteroatoms. The number of likely N-dealkylation sites (tertiary alicyclic amines) is 2. The molecule has 4 N–H and O–H groups in total. The Morgan fingerprint density at radius 1 is 0.448 bits per heavy atom. The Balaban J connectivity index is 0.000000139. The van der Waals surface area contributed by atoms with Crippen LogP contribution in [0.2, 0.25) is 0 Å². The average Bonchev–Trinajstić information content (AvgIpc) is 1.44. The predicted octanol–water partition coefficient (Wildman–Crippen LogP) is 15.7. The van der Waals surface area contributed by atoms with Crippen molar-refractivity contribution in [3.05, 3.63) is 238 Å². The number of anilines is 8. The molecule has 2 saturated heterocycles. The summed E-state index contributed by atoms with van der Waals surface area (Å²) in [6.45, 7) is 5.99. The lowest BCUT2D eigenvalue weighted by atomic mass is 9.99. The molecule has 145 heavy (non-hydrogen) atoms. The lowest BCUT2D eigenvalue weighted by Crippen LogP contribution is -2.39. The molecule has 36 nitrogen and oxygen atoms in total. The predicted molar refractivity (Wildman–Crippen MR) is 554 cm³/mol. The Morgan fingerprint density at radius 2 is 0.834 bits per heavy atom. The van der Waals surface area contributed by atoms with Gasteiger partial charge < -0.3 is 82.9 Å². The third kappa shape index (κ3) is 25.7. The van der Waals surface area contributed by atoms with E-state index in [1.54, 1.807) is 149 Å². The van der Waals surface area contributed by atoms with Crippen LogP contribution in [0.3, 0.4) is 0 Å². The fourth-order valence-electron chi connectivity index (χ4n) is 17.2. The van der Waals surface area contributed by atoms with E-state index in [2.05, 4.69) is 95.0 Å². The molecule has 8 aromatic carbocycles. The third-order valence-electron chi connectivity index (χ3n) is 24.7. The molecule has 19 rings (SSSR count). The number of fused-ring (bicyclic) bond motifs is 4. The zero-order chi connectivity index (χ0) is 102. The first kappa shape index (κ1) is 101. The molecule has 9 aromatic heterocycles. The molecule has 2 atom stereocenters. The van der Waals surface area contributed by atoms with E-state index in [9.17, 15) is 19.1 Å². The number of aryl methyl sites for hydroxylation is 4. The van der Waals surface area contributed by atoms with Crippen LogP contribution in [0.25, 0.3) is 89.2 Å². The van der Waals surface area contributed by atoms with Gasteiger partial charge in [0.25, 0.3) is 5.92 Å². The topological polar surface area (TPSA) is 376 Å². The average molecular weight is 1960 g/mol. The van der Waals surface area contributed by atoms with Gasteiger partial charge in [0.05, 0.1) is 237 Å². The van der Waals surface area contributed by atoms with Crippen LogP contribution in [-0.4, -0.2) is 256 Å². The van der Waals surface area contributed by atoms with Crippen molar-refractivity contribution in [2.45, 2.75) is 50.7 Å². The molecule has 0 aliphatic carbocycles. The number of rotatable bonds is 34. The Labute approximate surface area is 838 Å². The maximum atomic E-state index is 13.7. The molecule has 2 unspecified atom stereocenters. The maximum absolute atomic E-state index is 13.7.